The quantitative estimate of drug-likeness (QED) is 0.755. The van der Waals surface area contributed by atoms with Crippen LogP contribution in [0.25, 0.3) is 0 Å². The summed E-state index contributed by atoms with van der Waals surface area (Å²) in [5.74, 6) is 0. The average molecular weight is 325 g/mol. The molecule has 120 valence electrons. The summed E-state index contributed by atoms with van der Waals surface area (Å²) in [5, 5.41) is 0. The van der Waals surface area contributed by atoms with Gasteiger partial charge < -0.3 is 5.73 Å². The molecule has 0 spiro atoms. The maximum absolute atomic E-state index is 12.2. The number of hydrogen-bond donors (Lipinski definition) is 2. The molecule has 0 atom stereocenters. The van der Waals surface area contributed by atoms with Gasteiger partial charge >= 0.3 is 6.18 Å². The van der Waals surface area contributed by atoms with Crippen LogP contribution in [0.5, 0.6) is 0 Å². The zero-order chi connectivity index (χ0) is 15.9. The Balaban J connectivity index is 2.80. The van der Waals surface area contributed by atoms with E-state index >= 15 is 0 Å². The van der Waals surface area contributed by atoms with Gasteiger partial charge in [-0.3, -0.25) is 0 Å². The highest BCUT2D eigenvalue weighted by Gasteiger charge is 2.31. The zero-order valence-electron chi connectivity index (χ0n) is 11.3. The van der Waals surface area contributed by atoms with Crippen LogP contribution in [0.4, 0.5) is 13.2 Å². The van der Waals surface area contributed by atoms with Crippen molar-refractivity contribution in [3.8, 4) is 0 Å². The van der Waals surface area contributed by atoms with Crippen molar-refractivity contribution in [1.29, 1.82) is 0 Å². The SMILES string of the molecule is NCCCN(Cc1ccccc1)S(=O)(=O)NCC(F)(F)F. The fourth-order valence-corrected chi connectivity index (χ4v) is 2.82. The molecule has 0 unspecified atom stereocenters. The van der Waals surface area contributed by atoms with Crippen LogP contribution in [-0.4, -0.2) is 38.5 Å². The lowest BCUT2D eigenvalue weighted by Gasteiger charge is -2.22. The van der Waals surface area contributed by atoms with Gasteiger partial charge in [0.25, 0.3) is 10.2 Å². The Hall–Kier alpha value is -1.16. The molecule has 0 fully saturated rings. The molecule has 0 aliphatic rings. The van der Waals surface area contributed by atoms with Crippen molar-refractivity contribution in [3.05, 3.63) is 35.9 Å². The molecular formula is C12H18F3N3O2S. The molecule has 9 heteroatoms. The number of nitrogens with two attached hydrogens (primary N) is 1. The lowest BCUT2D eigenvalue weighted by Crippen LogP contribution is -2.44. The standard InChI is InChI=1S/C12H18F3N3O2S/c13-12(14,15)10-17-21(19,20)18(8-4-7-16)9-11-5-2-1-3-6-11/h1-3,5-6,17H,4,7-10,16H2. The molecule has 3 N–H and O–H groups in total. The molecule has 1 aromatic rings. The second-order valence-electron chi connectivity index (χ2n) is 4.40. The summed E-state index contributed by atoms with van der Waals surface area (Å²) in [6, 6.07) is 8.63. The lowest BCUT2D eigenvalue weighted by atomic mass is 10.2. The van der Waals surface area contributed by atoms with E-state index in [0.29, 0.717) is 12.0 Å². The maximum atomic E-state index is 12.2. The van der Waals surface area contributed by atoms with E-state index in [1.54, 1.807) is 35.1 Å². The van der Waals surface area contributed by atoms with E-state index in [1.165, 1.54) is 0 Å². The summed E-state index contributed by atoms with van der Waals surface area (Å²) >= 11 is 0. The highest BCUT2D eigenvalue weighted by Crippen LogP contribution is 2.14. The van der Waals surface area contributed by atoms with Crippen LogP contribution < -0.4 is 10.5 Å². The second-order valence-corrected chi connectivity index (χ2v) is 6.16. The zero-order valence-corrected chi connectivity index (χ0v) is 12.1. The van der Waals surface area contributed by atoms with Gasteiger partial charge in [0.2, 0.25) is 0 Å². The van der Waals surface area contributed by atoms with Crippen LogP contribution in [0.15, 0.2) is 30.3 Å². The highest BCUT2D eigenvalue weighted by atomic mass is 32.2. The van der Waals surface area contributed by atoms with Gasteiger partial charge in [-0.2, -0.15) is 30.6 Å². The third kappa shape index (κ3) is 6.89. The van der Waals surface area contributed by atoms with Crippen molar-refractivity contribution in [3.63, 3.8) is 0 Å². The Morgan fingerprint density at radius 2 is 1.81 bits per heavy atom. The van der Waals surface area contributed by atoms with Crippen molar-refractivity contribution in [1.82, 2.24) is 9.03 Å². The van der Waals surface area contributed by atoms with Gasteiger partial charge in [0, 0.05) is 13.1 Å². The first-order valence-corrected chi connectivity index (χ1v) is 7.74. The molecule has 0 bridgehead atoms. The molecule has 0 saturated carbocycles. The van der Waals surface area contributed by atoms with E-state index in [9.17, 15) is 21.6 Å². The molecule has 0 aliphatic carbocycles. The molecule has 0 aliphatic heterocycles. The van der Waals surface area contributed by atoms with Gasteiger partial charge in [0.15, 0.2) is 0 Å². The number of alkyl halides is 3. The minimum Gasteiger partial charge on any atom is -0.330 e. The van der Waals surface area contributed by atoms with Crippen molar-refractivity contribution in [2.75, 3.05) is 19.6 Å². The Kier molecular flexibility index (Phi) is 6.59. The normalized spacial score (nSPS) is 12.8. The first-order chi connectivity index (χ1) is 9.74. The Morgan fingerprint density at radius 3 is 2.33 bits per heavy atom. The monoisotopic (exact) mass is 325 g/mol. The number of nitrogens with zero attached hydrogens (tertiary/aromatic N) is 1. The maximum Gasteiger partial charge on any atom is 0.402 e. The fourth-order valence-electron chi connectivity index (χ4n) is 1.60. The Bertz CT molecular complexity index is 520. The molecule has 0 radical (unpaired) electrons. The second kappa shape index (κ2) is 7.74. The van der Waals surface area contributed by atoms with E-state index < -0.39 is 22.9 Å². The minimum atomic E-state index is -4.60. The summed E-state index contributed by atoms with van der Waals surface area (Å²) in [5.41, 5.74) is 6.02. The number of rotatable bonds is 8. The van der Waals surface area contributed by atoms with Gasteiger partial charge in [-0.1, -0.05) is 30.3 Å². The largest absolute Gasteiger partial charge is 0.402 e. The molecule has 0 amide bonds. The van der Waals surface area contributed by atoms with Gasteiger partial charge in [-0.25, -0.2) is 0 Å². The minimum absolute atomic E-state index is 0.00592. The number of halogens is 3. The van der Waals surface area contributed by atoms with Crippen LogP contribution in [0.3, 0.4) is 0 Å². The van der Waals surface area contributed by atoms with Gasteiger partial charge in [0.05, 0.1) is 0 Å². The Morgan fingerprint density at radius 1 is 1.19 bits per heavy atom. The average Bonchev–Trinajstić information content (AvgIpc) is 2.41. The third-order valence-electron chi connectivity index (χ3n) is 2.61. The molecule has 0 heterocycles. The van der Waals surface area contributed by atoms with E-state index in [-0.39, 0.29) is 19.6 Å². The summed E-state index contributed by atoms with van der Waals surface area (Å²) in [7, 11) is -4.22. The molecule has 21 heavy (non-hydrogen) atoms. The number of benzene rings is 1. The van der Waals surface area contributed by atoms with Crippen LogP contribution >= 0.6 is 0 Å². The molecular weight excluding hydrogens is 307 g/mol. The van der Waals surface area contributed by atoms with Crippen LogP contribution in [0, 0.1) is 0 Å². The molecule has 5 nitrogen and oxygen atoms in total. The van der Waals surface area contributed by atoms with Crippen LogP contribution in [0.1, 0.15) is 12.0 Å². The van der Waals surface area contributed by atoms with Crippen molar-refractivity contribution in [2.24, 2.45) is 5.73 Å². The van der Waals surface area contributed by atoms with Gasteiger partial charge in [0.1, 0.15) is 6.54 Å². The lowest BCUT2D eigenvalue weighted by molar-refractivity contribution is -0.121. The smallest absolute Gasteiger partial charge is 0.330 e. The summed E-state index contributed by atoms with van der Waals surface area (Å²) in [4.78, 5) is 0. The predicted molar refractivity (Wildman–Crippen MR) is 73.5 cm³/mol. The van der Waals surface area contributed by atoms with E-state index in [4.69, 9.17) is 5.73 Å². The van der Waals surface area contributed by atoms with E-state index in [1.807, 2.05) is 0 Å². The molecule has 1 aromatic carbocycles. The van der Waals surface area contributed by atoms with E-state index in [0.717, 1.165) is 4.31 Å². The van der Waals surface area contributed by atoms with E-state index in [2.05, 4.69) is 0 Å². The first kappa shape index (κ1) is 17.9. The molecule has 1 rings (SSSR count). The summed E-state index contributed by atoms with van der Waals surface area (Å²) < 4.78 is 62.9. The Labute approximate surface area is 122 Å². The van der Waals surface area contributed by atoms with Crippen molar-refractivity contribution in [2.45, 2.75) is 19.1 Å². The third-order valence-corrected chi connectivity index (χ3v) is 4.11. The van der Waals surface area contributed by atoms with Crippen molar-refractivity contribution >= 4 is 10.2 Å². The first-order valence-electron chi connectivity index (χ1n) is 6.30. The van der Waals surface area contributed by atoms with Gasteiger partial charge in [-0.15, -0.1) is 0 Å². The van der Waals surface area contributed by atoms with Crippen LogP contribution in [-0.2, 0) is 16.8 Å². The number of hydrogen-bond acceptors (Lipinski definition) is 3. The highest BCUT2D eigenvalue weighted by molar-refractivity contribution is 7.87. The summed E-state index contributed by atoms with van der Waals surface area (Å²) in [6.07, 6.45) is -4.24. The van der Waals surface area contributed by atoms with Crippen molar-refractivity contribution < 1.29 is 21.6 Å². The molecule has 0 saturated heterocycles. The van der Waals surface area contributed by atoms with Crippen LogP contribution in [0.2, 0.25) is 0 Å². The van der Waals surface area contributed by atoms with Gasteiger partial charge in [-0.05, 0) is 18.5 Å². The topological polar surface area (TPSA) is 75.4 Å². The summed E-state index contributed by atoms with van der Waals surface area (Å²) in [6.45, 7) is -1.30. The number of nitrogens with one attached hydrogen (secondary N) is 1. The molecule has 0 aromatic heterocycles. The predicted octanol–water partition coefficient (Wildman–Crippen LogP) is 1.23. The fraction of sp³-hybridized carbons (Fsp3) is 0.500.